The van der Waals surface area contributed by atoms with E-state index in [9.17, 15) is 13.6 Å². The molecule has 0 radical (unpaired) electrons. The van der Waals surface area contributed by atoms with Crippen LogP contribution in [-0.2, 0) is 11.3 Å². The number of hydrazine groups is 1. The average molecular weight is 490 g/mol. The molecule has 3 aromatic rings. The molecule has 35 heavy (non-hydrogen) atoms. The molecule has 0 saturated carbocycles. The van der Waals surface area contributed by atoms with Gasteiger partial charge in [-0.05, 0) is 32.9 Å². The first-order valence-corrected chi connectivity index (χ1v) is 11.3. The largest absolute Gasteiger partial charge is 0.443 e. The number of amides is 1. The number of rotatable bonds is 6. The number of benzene rings is 1. The fourth-order valence-electron chi connectivity index (χ4n) is 3.83. The van der Waals surface area contributed by atoms with Crippen LogP contribution in [0.15, 0.2) is 24.4 Å². The predicted molar refractivity (Wildman–Crippen MR) is 128 cm³/mol. The Morgan fingerprint density at radius 1 is 1.14 bits per heavy atom. The lowest BCUT2D eigenvalue weighted by molar-refractivity contribution is 0.0541. The summed E-state index contributed by atoms with van der Waals surface area (Å²) in [5, 5.41) is 4.99. The van der Waals surface area contributed by atoms with Gasteiger partial charge in [0.2, 0.25) is 5.95 Å². The fraction of sp³-hybridized carbons (Fsp3) is 0.455. The zero-order chi connectivity index (χ0) is 25.2. The van der Waals surface area contributed by atoms with Gasteiger partial charge in [0.1, 0.15) is 17.2 Å². The van der Waals surface area contributed by atoms with Gasteiger partial charge < -0.3 is 15.4 Å². The van der Waals surface area contributed by atoms with Crippen LogP contribution in [0.25, 0.3) is 11.0 Å². The molecule has 1 aromatic carbocycles. The molecule has 188 valence electrons. The maximum absolute atomic E-state index is 14.1. The van der Waals surface area contributed by atoms with Gasteiger partial charge in [0.25, 0.3) is 0 Å². The van der Waals surface area contributed by atoms with E-state index in [0.29, 0.717) is 48.7 Å². The molecule has 0 spiro atoms. The number of carbonyl (C=O) groups is 1. The van der Waals surface area contributed by atoms with Crippen molar-refractivity contribution in [2.24, 2.45) is 0 Å². The van der Waals surface area contributed by atoms with E-state index in [1.165, 1.54) is 12.1 Å². The van der Waals surface area contributed by atoms with Crippen LogP contribution in [0.5, 0.6) is 0 Å². The smallest absolute Gasteiger partial charge is 0.426 e. The first kappa shape index (κ1) is 24.4. The lowest BCUT2D eigenvalue weighted by Gasteiger charge is -2.36. The van der Waals surface area contributed by atoms with Crippen LogP contribution in [-0.4, -0.2) is 69.1 Å². The highest BCUT2D eigenvalue weighted by Gasteiger charge is 2.21. The number of nitrogen functional groups attached to an aromatic ring is 1. The maximum Gasteiger partial charge on any atom is 0.426 e. The molecular weight excluding hydrogens is 460 g/mol. The topological polar surface area (TPSA) is 126 Å². The molecule has 2 aromatic heterocycles. The maximum atomic E-state index is 14.1. The number of carbonyl (C=O) groups excluding carboxylic acids is 1. The van der Waals surface area contributed by atoms with Crippen molar-refractivity contribution in [3.63, 3.8) is 0 Å². The molecule has 1 aliphatic heterocycles. The summed E-state index contributed by atoms with van der Waals surface area (Å²) in [5.41, 5.74) is 11.3. The number of hydrogen-bond donors (Lipinski definition) is 3. The van der Waals surface area contributed by atoms with Crippen molar-refractivity contribution in [2.45, 2.75) is 32.9 Å². The molecular formula is C22H29F2N9O2. The van der Waals surface area contributed by atoms with E-state index >= 15 is 0 Å². The van der Waals surface area contributed by atoms with Crippen LogP contribution in [0.2, 0.25) is 0 Å². The van der Waals surface area contributed by atoms with E-state index in [-0.39, 0.29) is 5.95 Å². The lowest BCUT2D eigenvalue weighted by Crippen LogP contribution is -2.47. The third-order valence-electron chi connectivity index (χ3n) is 5.45. The minimum absolute atomic E-state index is 0.0303. The van der Waals surface area contributed by atoms with E-state index in [1.54, 1.807) is 31.6 Å². The zero-order valence-corrected chi connectivity index (χ0v) is 19.9. The van der Waals surface area contributed by atoms with Gasteiger partial charge in [-0.1, -0.05) is 0 Å². The quantitative estimate of drug-likeness (QED) is 0.447. The minimum atomic E-state index is -0.658. The third-order valence-corrected chi connectivity index (χ3v) is 5.45. The molecule has 0 unspecified atom stereocenters. The molecule has 11 nitrogen and oxygen atoms in total. The Morgan fingerprint density at radius 2 is 1.89 bits per heavy atom. The minimum Gasteiger partial charge on any atom is -0.443 e. The number of hydrogen-bond acceptors (Lipinski definition) is 9. The van der Waals surface area contributed by atoms with Crippen molar-refractivity contribution in [3.8, 4) is 0 Å². The first-order valence-electron chi connectivity index (χ1n) is 11.3. The second kappa shape index (κ2) is 9.86. The number of piperazine rings is 1. The second-order valence-corrected chi connectivity index (χ2v) is 9.21. The molecule has 3 heterocycles. The van der Waals surface area contributed by atoms with Crippen LogP contribution in [0.3, 0.4) is 0 Å². The van der Waals surface area contributed by atoms with E-state index in [2.05, 4.69) is 30.8 Å². The summed E-state index contributed by atoms with van der Waals surface area (Å²) in [4.78, 5) is 24.5. The summed E-state index contributed by atoms with van der Waals surface area (Å²) in [6.45, 7) is 9.22. The van der Waals surface area contributed by atoms with Crippen molar-refractivity contribution >= 4 is 34.6 Å². The Kier molecular flexibility index (Phi) is 6.87. The monoisotopic (exact) mass is 489 g/mol. The van der Waals surface area contributed by atoms with Gasteiger partial charge in [0.05, 0.1) is 23.8 Å². The van der Waals surface area contributed by atoms with Gasteiger partial charge >= 0.3 is 6.09 Å². The van der Waals surface area contributed by atoms with Gasteiger partial charge in [0.15, 0.2) is 11.5 Å². The van der Waals surface area contributed by atoms with Crippen molar-refractivity contribution < 1.29 is 18.3 Å². The number of aromatic nitrogens is 4. The van der Waals surface area contributed by atoms with Crippen molar-refractivity contribution in [2.75, 3.05) is 48.8 Å². The molecule has 0 atom stereocenters. The summed E-state index contributed by atoms with van der Waals surface area (Å²) in [6, 6.07) is 3.65. The number of fused-ring (bicyclic) bond motifs is 1. The van der Waals surface area contributed by atoms with Crippen LogP contribution in [0.1, 0.15) is 20.8 Å². The fourth-order valence-corrected chi connectivity index (χ4v) is 3.83. The normalized spacial score (nSPS) is 14.8. The summed E-state index contributed by atoms with van der Waals surface area (Å²) >= 11 is 0. The zero-order valence-electron chi connectivity index (χ0n) is 19.9. The standard InChI is InChI=1S/C22H29F2N9O2/c1-22(2,3)35-21(34)30-29-18-15-13-26-33(19(15)28-20(25)27-18)11-8-31-6-9-32(10-7-31)17-5-4-14(23)12-16(17)24/h4-5,12-13H,6-11H2,1-3H3,(H,30,34)(H3,25,27,28,29). The molecule has 4 N–H and O–H groups in total. The Balaban J connectivity index is 1.36. The van der Waals surface area contributed by atoms with E-state index in [1.807, 2.05) is 4.90 Å². The van der Waals surface area contributed by atoms with Gasteiger partial charge in [-0.25, -0.2) is 23.7 Å². The number of nitrogens with zero attached hydrogens (tertiary/aromatic N) is 6. The van der Waals surface area contributed by atoms with Crippen LogP contribution in [0.4, 0.5) is 31.0 Å². The number of halogens is 2. The van der Waals surface area contributed by atoms with Gasteiger partial charge in [-0.15, -0.1) is 0 Å². The first-order chi connectivity index (χ1) is 16.6. The summed E-state index contributed by atoms with van der Waals surface area (Å²) in [6.07, 6.45) is 0.943. The van der Waals surface area contributed by atoms with E-state index < -0.39 is 23.3 Å². The summed E-state index contributed by atoms with van der Waals surface area (Å²) in [7, 11) is 0. The Labute approximate surface area is 201 Å². The Bertz CT molecular complexity index is 1200. The number of nitrogens with one attached hydrogen (secondary N) is 2. The molecule has 0 aliphatic carbocycles. The van der Waals surface area contributed by atoms with Crippen LogP contribution < -0.4 is 21.5 Å². The number of ether oxygens (including phenoxy) is 1. The molecule has 4 rings (SSSR count). The van der Waals surface area contributed by atoms with Gasteiger partial charge in [-0.2, -0.15) is 15.1 Å². The van der Waals surface area contributed by atoms with Crippen molar-refractivity contribution in [1.29, 1.82) is 0 Å². The van der Waals surface area contributed by atoms with Crippen LogP contribution >= 0.6 is 0 Å². The highest BCUT2D eigenvalue weighted by atomic mass is 19.1. The Hall–Kier alpha value is -3.74. The molecule has 0 bridgehead atoms. The number of anilines is 3. The van der Waals surface area contributed by atoms with Crippen molar-refractivity contribution in [3.05, 3.63) is 36.0 Å². The van der Waals surface area contributed by atoms with Gasteiger partial charge in [0, 0.05) is 38.8 Å². The van der Waals surface area contributed by atoms with Crippen LogP contribution in [0, 0.1) is 11.6 Å². The van der Waals surface area contributed by atoms with E-state index in [0.717, 1.165) is 19.2 Å². The Morgan fingerprint density at radius 3 is 2.57 bits per heavy atom. The highest BCUT2D eigenvalue weighted by Crippen LogP contribution is 2.23. The molecule has 1 aliphatic rings. The molecule has 1 fully saturated rings. The van der Waals surface area contributed by atoms with E-state index in [4.69, 9.17) is 10.5 Å². The molecule has 1 saturated heterocycles. The third kappa shape index (κ3) is 6.04. The molecule has 1 amide bonds. The van der Waals surface area contributed by atoms with Crippen molar-refractivity contribution in [1.82, 2.24) is 30.1 Å². The molecule has 13 heteroatoms. The number of nitrogens with two attached hydrogens (primary N) is 1. The van der Waals surface area contributed by atoms with Gasteiger partial charge in [-0.3, -0.25) is 10.3 Å². The summed E-state index contributed by atoms with van der Waals surface area (Å²) < 4.78 is 34.2. The lowest BCUT2D eigenvalue weighted by atomic mass is 10.2. The highest BCUT2D eigenvalue weighted by molar-refractivity contribution is 5.88. The average Bonchev–Trinajstić information content (AvgIpc) is 3.18. The summed E-state index contributed by atoms with van der Waals surface area (Å²) in [5.74, 6) is -0.800. The predicted octanol–water partition coefficient (Wildman–Crippen LogP) is 2.36. The second-order valence-electron chi connectivity index (χ2n) is 9.21. The SMILES string of the molecule is CC(C)(C)OC(=O)NNc1nc(N)nc2c1cnn2CCN1CCN(c2ccc(F)cc2F)CC1.